The van der Waals surface area contributed by atoms with E-state index >= 15 is 0 Å². The highest BCUT2D eigenvalue weighted by atomic mass is 16.5. The van der Waals surface area contributed by atoms with Crippen molar-refractivity contribution >= 4 is 11.5 Å². The molecule has 1 aromatic rings. The Morgan fingerprint density at radius 2 is 2.11 bits per heavy atom. The summed E-state index contributed by atoms with van der Waals surface area (Å²) in [5.74, 6) is 1.70. The van der Waals surface area contributed by atoms with Gasteiger partial charge in [0, 0.05) is 13.1 Å². The van der Waals surface area contributed by atoms with Crippen molar-refractivity contribution in [2.45, 2.75) is 27.2 Å². The Morgan fingerprint density at radius 3 is 2.68 bits per heavy atom. The average molecular weight is 267 g/mol. The second-order valence-electron chi connectivity index (χ2n) is 4.98. The molecule has 0 aromatic carbocycles. The number of aliphatic hydroxyl groups excluding tert-OH is 1. The molecule has 0 saturated carbocycles. The third-order valence-electron chi connectivity index (χ3n) is 2.62. The molecule has 1 aromatic heterocycles. The van der Waals surface area contributed by atoms with Gasteiger partial charge in [-0.05, 0) is 24.5 Å². The fourth-order valence-electron chi connectivity index (χ4n) is 1.71. The maximum Gasteiger partial charge on any atom is 0.239 e. The van der Waals surface area contributed by atoms with Crippen LogP contribution in [0.15, 0.2) is 12.1 Å². The molecule has 0 amide bonds. The highest BCUT2D eigenvalue weighted by Crippen LogP contribution is 2.23. The Bertz CT molecular complexity index is 377. The molecule has 0 unspecified atom stereocenters. The maximum atomic E-state index is 9.10. The molecular formula is C14H25N3O2. The van der Waals surface area contributed by atoms with E-state index < -0.39 is 0 Å². The molecule has 3 N–H and O–H groups in total. The van der Waals surface area contributed by atoms with Crippen molar-refractivity contribution in [1.29, 1.82) is 0 Å². The molecule has 0 aliphatic heterocycles. The minimum absolute atomic E-state index is 0.105. The number of aliphatic hydroxyl groups is 1. The first-order chi connectivity index (χ1) is 9.08. The number of ether oxygens (including phenoxy) is 1. The molecule has 0 atom stereocenters. The SMILES string of the molecule is CCCN(CCO)c1ccc(N)c(OCC(C)C)n1. The van der Waals surface area contributed by atoms with Gasteiger partial charge in [0.2, 0.25) is 5.88 Å². The van der Waals surface area contributed by atoms with Crippen molar-refractivity contribution in [3.05, 3.63) is 12.1 Å². The third-order valence-corrected chi connectivity index (χ3v) is 2.62. The lowest BCUT2D eigenvalue weighted by molar-refractivity contribution is 0.262. The summed E-state index contributed by atoms with van der Waals surface area (Å²) >= 11 is 0. The van der Waals surface area contributed by atoms with Crippen LogP contribution < -0.4 is 15.4 Å². The van der Waals surface area contributed by atoms with E-state index in [-0.39, 0.29) is 6.61 Å². The molecule has 0 spiro atoms. The smallest absolute Gasteiger partial charge is 0.239 e. The van der Waals surface area contributed by atoms with E-state index in [2.05, 4.69) is 25.8 Å². The molecule has 0 aliphatic carbocycles. The lowest BCUT2D eigenvalue weighted by Gasteiger charge is -2.23. The summed E-state index contributed by atoms with van der Waals surface area (Å²) in [5, 5.41) is 9.10. The van der Waals surface area contributed by atoms with Crippen LogP contribution in [0.25, 0.3) is 0 Å². The number of pyridine rings is 1. The number of anilines is 2. The predicted molar refractivity (Wildman–Crippen MR) is 78.6 cm³/mol. The van der Waals surface area contributed by atoms with Gasteiger partial charge in [0.1, 0.15) is 5.82 Å². The zero-order valence-corrected chi connectivity index (χ0v) is 12.1. The lowest BCUT2D eigenvalue weighted by atomic mass is 10.2. The highest BCUT2D eigenvalue weighted by molar-refractivity contribution is 5.54. The second kappa shape index (κ2) is 7.84. The van der Waals surface area contributed by atoms with Crippen molar-refractivity contribution in [3.8, 4) is 5.88 Å². The van der Waals surface area contributed by atoms with Crippen molar-refractivity contribution in [2.24, 2.45) is 5.92 Å². The number of hydrogen-bond donors (Lipinski definition) is 2. The quantitative estimate of drug-likeness (QED) is 0.753. The van der Waals surface area contributed by atoms with E-state index in [1.807, 2.05) is 11.0 Å². The number of hydrogen-bond acceptors (Lipinski definition) is 5. The number of rotatable bonds is 8. The van der Waals surface area contributed by atoms with Crippen LogP contribution in [0.2, 0.25) is 0 Å². The van der Waals surface area contributed by atoms with Crippen molar-refractivity contribution in [2.75, 3.05) is 36.9 Å². The molecule has 108 valence electrons. The summed E-state index contributed by atoms with van der Waals surface area (Å²) < 4.78 is 5.62. The highest BCUT2D eigenvalue weighted by Gasteiger charge is 2.10. The van der Waals surface area contributed by atoms with Gasteiger partial charge in [0.05, 0.1) is 18.9 Å². The number of nitrogens with two attached hydrogens (primary N) is 1. The zero-order valence-electron chi connectivity index (χ0n) is 12.1. The molecule has 0 fully saturated rings. The van der Waals surface area contributed by atoms with Gasteiger partial charge < -0.3 is 20.5 Å². The van der Waals surface area contributed by atoms with Crippen LogP contribution in [0.5, 0.6) is 5.88 Å². The molecule has 0 saturated heterocycles. The van der Waals surface area contributed by atoms with Gasteiger partial charge in [0.25, 0.3) is 0 Å². The van der Waals surface area contributed by atoms with Gasteiger partial charge in [-0.3, -0.25) is 0 Å². The molecule has 1 rings (SSSR count). The van der Waals surface area contributed by atoms with Gasteiger partial charge in [-0.25, -0.2) is 0 Å². The van der Waals surface area contributed by atoms with Gasteiger partial charge in [0.15, 0.2) is 0 Å². The summed E-state index contributed by atoms with van der Waals surface area (Å²) in [7, 11) is 0. The Labute approximate surface area is 115 Å². The molecule has 5 heteroatoms. The monoisotopic (exact) mass is 267 g/mol. The fourth-order valence-corrected chi connectivity index (χ4v) is 1.71. The molecule has 0 aliphatic rings. The van der Waals surface area contributed by atoms with Crippen LogP contribution in [0.1, 0.15) is 27.2 Å². The number of aromatic nitrogens is 1. The maximum absolute atomic E-state index is 9.10. The lowest BCUT2D eigenvalue weighted by Crippen LogP contribution is -2.28. The first kappa shape index (κ1) is 15.6. The van der Waals surface area contributed by atoms with E-state index in [0.29, 0.717) is 30.6 Å². The third kappa shape index (κ3) is 4.95. The fraction of sp³-hybridized carbons (Fsp3) is 0.643. The summed E-state index contributed by atoms with van der Waals surface area (Å²) in [6, 6.07) is 3.67. The average Bonchev–Trinajstić information content (AvgIpc) is 2.37. The standard InChI is InChI=1S/C14H25N3O2/c1-4-7-17(8-9-18)13-6-5-12(15)14(16-13)19-10-11(2)3/h5-6,11,18H,4,7-10,15H2,1-3H3. The van der Waals surface area contributed by atoms with Crippen molar-refractivity contribution < 1.29 is 9.84 Å². The van der Waals surface area contributed by atoms with E-state index in [9.17, 15) is 0 Å². The Balaban J connectivity index is 2.85. The Hall–Kier alpha value is -1.49. The van der Waals surface area contributed by atoms with Crippen molar-refractivity contribution in [3.63, 3.8) is 0 Å². The topological polar surface area (TPSA) is 71.6 Å². The molecule has 0 radical (unpaired) electrons. The van der Waals surface area contributed by atoms with Gasteiger partial charge in [-0.15, -0.1) is 0 Å². The van der Waals surface area contributed by atoms with Crippen molar-refractivity contribution in [1.82, 2.24) is 4.98 Å². The predicted octanol–water partition coefficient (Wildman–Crippen LogP) is 1.91. The first-order valence-electron chi connectivity index (χ1n) is 6.83. The molecule has 1 heterocycles. The molecule has 19 heavy (non-hydrogen) atoms. The number of nitrogens with zero attached hydrogens (tertiary/aromatic N) is 2. The van der Waals surface area contributed by atoms with Crippen LogP contribution in [0, 0.1) is 5.92 Å². The van der Waals surface area contributed by atoms with E-state index in [4.69, 9.17) is 15.6 Å². The summed E-state index contributed by atoms with van der Waals surface area (Å²) in [6.45, 7) is 8.36. The van der Waals surface area contributed by atoms with Crippen LogP contribution in [0.3, 0.4) is 0 Å². The molecular weight excluding hydrogens is 242 g/mol. The van der Waals surface area contributed by atoms with Crippen LogP contribution in [-0.2, 0) is 0 Å². The van der Waals surface area contributed by atoms with Crippen LogP contribution in [0.4, 0.5) is 11.5 Å². The van der Waals surface area contributed by atoms with E-state index in [1.165, 1.54) is 0 Å². The molecule has 5 nitrogen and oxygen atoms in total. The minimum atomic E-state index is 0.105. The Kier molecular flexibility index (Phi) is 6.42. The van der Waals surface area contributed by atoms with Gasteiger partial charge in [-0.2, -0.15) is 4.98 Å². The van der Waals surface area contributed by atoms with Gasteiger partial charge >= 0.3 is 0 Å². The Morgan fingerprint density at radius 1 is 1.37 bits per heavy atom. The van der Waals surface area contributed by atoms with Gasteiger partial charge in [-0.1, -0.05) is 20.8 Å². The van der Waals surface area contributed by atoms with E-state index in [0.717, 1.165) is 18.8 Å². The zero-order chi connectivity index (χ0) is 14.3. The van der Waals surface area contributed by atoms with Crippen LogP contribution >= 0.6 is 0 Å². The summed E-state index contributed by atoms with van der Waals surface area (Å²) in [6.07, 6.45) is 0.994. The normalized spacial score (nSPS) is 10.8. The molecule has 0 bridgehead atoms. The minimum Gasteiger partial charge on any atom is -0.476 e. The largest absolute Gasteiger partial charge is 0.476 e. The van der Waals surface area contributed by atoms with E-state index in [1.54, 1.807) is 6.07 Å². The van der Waals surface area contributed by atoms with Crippen LogP contribution in [-0.4, -0.2) is 36.4 Å². The number of nitrogen functional groups attached to an aromatic ring is 1. The first-order valence-corrected chi connectivity index (χ1v) is 6.83. The summed E-state index contributed by atoms with van der Waals surface area (Å²) in [4.78, 5) is 6.48. The second-order valence-corrected chi connectivity index (χ2v) is 4.98. The summed E-state index contributed by atoms with van der Waals surface area (Å²) in [5.41, 5.74) is 6.41.